The van der Waals surface area contributed by atoms with Crippen molar-refractivity contribution in [3.05, 3.63) is 47.8 Å². The van der Waals surface area contributed by atoms with Gasteiger partial charge in [0.2, 0.25) is 0 Å². The molecule has 0 saturated carbocycles. The predicted molar refractivity (Wildman–Crippen MR) is 101 cm³/mol. The second-order valence-electron chi connectivity index (χ2n) is 6.39. The van der Waals surface area contributed by atoms with Gasteiger partial charge >= 0.3 is 6.03 Å². The molecule has 0 unspecified atom stereocenters. The Morgan fingerprint density at radius 2 is 1.78 bits per heavy atom. The lowest BCUT2D eigenvalue weighted by atomic mass is 10.2. The molecule has 1 aromatic carbocycles. The molecule has 0 atom stereocenters. The SMILES string of the molecule is CCNC(=O)N1CCN(C(=O)c2cnn(Cc3ccc(OC)cc3)c2)CC1. The summed E-state index contributed by atoms with van der Waals surface area (Å²) in [7, 11) is 1.64. The summed E-state index contributed by atoms with van der Waals surface area (Å²) in [5.74, 6) is 0.758. The zero-order chi connectivity index (χ0) is 19.2. The van der Waals surface area contributed by atoms with Crippen molar-refractivity contribution in [2.24, 2.45) is 0 Å². The van der Waals surface area contributed by atoms with Gasteiger partial charge in [0, 0.05) is 38.9 Å². The first-order valence-electron chi connectivity index (χ1n) is 9.08. The zero-order valence-electron chi connectivity index (χ0n) is 15.7. The van der Waals surface area contributed by atoms with Crippen LogP contribution in [0.3, 0.4) is 0 Å². The van der Waals surface area contributed by atoms with Crippen molar-refractivity contribution < 1.29 is 14.3 Å². The summed E-state index contributed by atoms with van der Waals surface area (Å²) in [5.41, 5.74) is 1.64. The van der Waals surface area contributed by atoms with Crippen LogP contribution in [-0.4, -0.2) is 71.4 Å². The lowest BCUT2D eigenvalue weighted by molar-refractivity contribution is 0.0665. The van der Waals surface area contributed by atoms with Crippen LogP contribution in [-0.2, 0) is 6.54 Å². The molecule has 0 radical (unpaired) electrons. The van der Waals surface area contributed by atoms with Gasteiger partial charge in [0.1, 0.15) is 5.75 Å². The fraction of sp³-hybridized carbons (Fsp3) is 0.421. The van der Waals surface area contributed by atoms with Crippen molar-refractivity contribution >= 4 is 11.9 Å². The fourth-order valence-corrected chi connectivity index (χ4v) is 3.04. The predicted octanol–water partition coefficient (Wildman–Crippen LogP) is 1.43. The van der Waals surface area contributed by atoms with E-state index < -0.39 is 0 Å². The normalized spacial score (nSPS) is 14.1. The molecule has 1 aliphatic rings. The number of carbonyl (C=O) groups excluding carboxylic acids is 2. The first-order chi connectivity index (χ1) is 13.1. The number of urea groups is 1. The van der Waals surface area contributed by atoms with E-state index >= 15 is 0 Å². The summed E-state index contributed by atoms with van der Waals surface area (Å²) in [6, 6.07) is 7.68. The Hall–Kier alpha value is -3.03. The Morgan fingerprint density at radius 3 is 2.41 bits per heavy atom. The van der Waals surface area contributed by atoms with E-state index in [0.29, 0.717) is 44.8 Å². The van der Waals surface area contributed by atoms with Crippen LogP contribution in [0.25, 0.3) is 0 Å². The second-order valence-corrected chi connectivity index (χ2v) is 6.39. The summed E-state index contributed by atoms with van der Waals surface area (Å²) >= 11 is 0. The highest BCUT2D eigenvalue weighted by Gasteiger charge is 2.25. The Bertz CT molecular complexity index is 779. The number of rotatable bonds is 5. The highest BCUT2D eigenvalue weighted by atomic mass is 16.5. The molecule has 0 bridgehead atoms. The average molecular weight is 371 g/mol. The van der Waals surface area contributed by atoms with Crippen LogP contribution >= 0.6 is 0 Å². The van der Waals surface area contributed by atoms with Crippen LogP contribution in [0.2, 0.25) is 0 Å². The maximum Gasteiger partial charge on any atom is 0.317 e. The number of nitrogens with one attached hydrogen (secondary N) is 1. The number of aromatic nitrogens is 2. The molecule has 0 aliphatic carbocycles. The first-order valence-corrected chi connectivity index (χ1v) is 9.08. The molecule has 3 rings (SSSR count). The number of methoxy groups -OCH3 is 1. The van der Waals surface area contributed by atoms with Gasteiger partial charge < -0.3 is 19.9 Å². The van der Waals surface area contributed by atoms with Gasteiger partial charge in [-0.2, -0.15) is 5.10 Å². The van der Waals surface area contributed by atoms with Crippen LogP contribution < -0.4 is 10.1 Å². The number of benzene rings is 1. The third kappa shape index (κ3) is 4.58. The monoisotopic (exact) mass is 371 g/mol. The third-order valence-corrected chi connectivity index (χ3v) is 4.57. The minimum atomic E-state index is -0.0723. The molecular weight excluding hydrogens is 346 g/mol. The zero-order valence-corrected chi connectivity index (χ0v) is 15.7. The number of ether oxygens (including phenoxy) is 1. The van der Waals surface area contributed by atoms with Crippen LogP contribution in [0.15, 0.2) is 36.7 Å². The van der Waals surface area contributed by atoms with E-state index in [4.69, 9.17) is 4.74 Å². The quantitative estimate of drug-likeness (QED) is 0.862. The summed E-state index contributed by atoms with van der Waals surface area (Å²) < 4.78 is 6.91. The molecule has 3 amide bonds. The minimum Gasteiger partial charge on any atom is -0.497 e. The lowest BCUT2D eigenvalue weighted by Gasteiger charge is -2.34. The maximum atomic E-state index is 12.7. The van der Waals surface area contributed by atoms with Gasteiger partial charge in [-0.25, -0.2) is 4.79 Å². The molecule has 1 saturated heterocycles. The molecule has 2 aromatic rings. The van der Waals surface area contributed by atoms with Gasteiger partial charge in [-0.05, 0) is 24.6 Å². The van der Waals surface area contributed by atoms with Crippen LogP contribution in [0.1, 0.15) is 22.8 Å². The summed E-state index contributed by atoms with van der Waals surface area (Å²) in [6.07, 6.45) is 3.37. The summed E-state index contributed by atoms with van der Waals surface area (Å²) in [4.78, 5) is 28.0. The highest BCUT2D eigenvalue weighted by Crippen LogP contribution is 2.13. The molecule has 8 heteroatoms. The first kappa shape index (κ1) is 18.8. The Labute approximate surface area is 158 Å². The van der Waals surface area contributed by atoms with E-state index in [1.807, 2.05) is 31.2 Å². The molecule has 1 aliphatic heterocycles. The number of piperazine rings is 1. The summed E-state index contributed by atoms with van der Waals surface area (Å²) in [5, 5.41) is 7.09. The van der Waals surface area contributed by atoms with Crippen LogP contribution in [0, 0.1) is 0 Å². The molecule has 1 N–H and O–H groups in total. The smallest absolute Gasteiger partial charge is 0.317 e. The Kier molecular flexibility index (Phi) is 5.95. The Balaban J connectivity index is 1.56. The molecule has 8 nitrogen and oxygen atoms in total. The maximum absolute atomic E-state index is 12.7. The van der Waals surface area contributed by atoms with E-state index in [9.17, 15) is 9.59 Å². The van der Waals surface area contributed by atoms with Gasteiger partial charge in [-0.1, -0.05) is 12.1 Å². The van der Waals surface area contributed by atoms with Gasteiger partial charge in [-0.15, -0.1) is 0 Å². The molecule has 0 spiro atoms. The van der Waals surface area contributed by atoms with Crippen LogP contribution in [0.4, 0.5) is 4.79 Å². The molecular formula is C19H25N5O3. The van der Waals surface area contributed by atoms with Crippen LogP contribution in [0.5, 0.6) is 5.75 Å². The minimum absolute atomic E-state index is 0.0495. The third-order valence-electron chi connectivity index (χ3n) is 4.57. The van der Waals surface area contributed by atoms with Crippen molar-refractivity contribution in [2.45, 2.75) is 13.5 Å². The Morgan fingerprint density at radius 1 is 1.11 bits per heavy atom. The summed E-state index contributed by atoms with van der Waals surface area (Å²) in [6.45, 7) is 5.21. The molecule has 144 valence electrons. The van der Waals surface area contributed by atoms with Crippen molar-refractivity contribution in [1.29, 1.82) is 0 Å². The van der Waals surface area contributed by atoms with Gasteiger partial charge in [-0.3, -0.25) is 9.48 Å². The number of hydrogen-bond donors (Lipinski definition) is 1. The van der Waals surface area contributed by atoms with Gasteiger partial charge in [0.05, 0.1) is 25.4 Å². The topological polar surface area (TPSA) is 79.7 Å². The van der Waals surface area contributed by atoms with E-state index in [0.717, 1.165) is 11.3 Å². The highest BCUT2D eigenvalue weighted by molar-refractivity contribution is 5.94. The molecule has 2 heterocycles. The number of amides is 3. The average Bonchev–Trinajstić information content (AvgIpc) is 3.17. The van der Waals surface area contributed by atoms with E-state index in [1.54, 1.807) is 34.0 Å². The fourth-order valence-electron chi connectivity index (χ4n) is 3.04. The molecule has 27 heavy (non-hydrogen) atoms. The molecule has 1 aromatic heterocycles. The number of carbonyl (C=O) groups is 2. The second kappa shape index (κ2) is 8.57. The van der Waals surface area contributed by atoms with Gasteiger partial charge in [0.15, 0.2) is 0 Å². The van der Waals surface area contributed by atoms with Crippen molar-refractivity contribution in [2.75, 3.05) is 39.8 Å². The standard InChI is InChI=1S/C19H25N5O3/c1-3-20-19(26)23-10-8-22(9-11-23)18(25)16-12-21-24(14-16)13-15-4-6-17(27-2)7-5-15/h4-7,12,14H,3,8-11,13H2,1-2H3,(H,20,26). The van der Waals surface area contributed by atoms with E-state index in [2.05, 4.69) is 10.4 Å². The van der Waals surface area contributed by atoms with Crippen molar-refractivity contribution in [1.82, 2.24) is 24.9 Å². The van der Waals surface area contributed by atoms with E-state index in [-0.39, 0.29) is 11.9 Å². The van der Waals surface area contributed by atoms with E-state index in [1.165, 1.54) is 0 Å². The lowest BCUT2D eigenvalue weighted by Crippen LogP contribution is -2.53. The largest absolute Gasteiger partial charge is 0.497 e. The van der Waals surface area contributed by atoms with Crippen molar-refractivity contribution in [3.8, 4) is 5.75 Å². The van der Waals surface area contributed by atoms with Crippen molar-refractivity contribution in [3.63, 3.8) is 0 Å². The van der Waals surface area contributed by atoms with Gasteiger partial charge in [0.25, 0.3) is 5.91 Å². The number of nitrogens with zero attached hydrogens (tertiary/aromatic N) is 4. The number of hydrogen-bond acceptors (Lipinski definition) is 4. The molecule has 1 fully saturated rings.